The highest BCUT2D eigenvalue weighted by atomic mass is 16.5. The van der Waals surface area contributed by atoms with Crippen molar-refractivity contribution in [1.82, 2.24) is 15.5 Å². The molecular formula is C18H33N3O4. The van der Waals surface area contributed by atoms with E-state index in [1.807, 2.05) is 27.7 Å². The van der Waals surface area contributed by atoms with Gasteiger partial charge in [0.25, 0.3) is 0 Å². The van der Waals surface area contributed by atoms with Crippen LogP contribution in [0.3, 0.4) is 0 Å². The summed E-state index contributed by atoms with van der Waals surface area (Å²) in [5, 5.41) is 5.41. The minimum Gasteiger partial charge on any atom is -0.464 e. The highest BCUT2D eigenvalue weighted by Crippen LogP contribution is 2.13. The lowest BCUT2D eigenvalue weighted by Crippen LogP contribution is -2.55. The number of hydrogen-bond acceptors (Lipinski definition) is 4. The van der Waals surface area contributed by atoms with Crippen molar-refractivity contribution < 1.29 is 19.1 Å². The molecule has 1 heterocycles. The minimum absolute atomic E-state index is 0.0370. The number of ether oxygens (including phenoxy) is 1. The maximum absolute atomic E-state index is 12.6. The second-order valence-corrected chi connectivity index (χ2v) is 7.31. The zero-order valence-electron chi connectivity index (χ0n) is 16.1. The van der Waals surface area contributed by atoms with E-state index in [-0.39, 0.29) is 24.3 Å². The van der Waals surface area contributed by atoms with Crippen LogP contribution in [0.4, 0.5) is 4.79 Å². The zero-order chi connectivity index (χ0) is 19.0. The van der Waals surface area contributed by atoms with Gasteiger partial charge in [-0.1, -0.05) is 27.7 Å². The van der Waals surface area contributed by atoms with E-state index in [2.05, 4.69) is 10.6 Å². The molecule has 0 aromatic heterocycles. The number of carbonyl (C=O) groups is 3. The summed E-state index contributed by atoms with van der Waals surface area (Å²) in [6, 6.07) is -1.82. The Labute approximate surface area is 150 Å². The molecule has 1 aliphatic rings. The summed E-state index contributed by atoms with van der Waals surface area (Å²) in [7, 11) is 0. The summed E-state index contributed by atoms with van der Waals surface area (Å²) in [5.74, 6) is -0.315. The molecule has 2 atom stereocenters. The van der Waals surface area contributed by atoms with Crippen molar-refractivity contribution in [2.45, 2.75) is 66.0 Å². The molecule has 0 aromatic carbocycles. The first-order chi connectivity index (χ1) is 11.8. The van der Waals surface area contributed by atoms with E-state index in [0.717, 1.165) is 25.9 Å². The van der Waals surface area contributed by atoms with Crippen molar-refractivity contribution in [3.05, 3.63) is 0 Å². The Morgan fingerprint density at radius 3 is 2.12 bits per heavy atom. The minimum atomic E-state index is -0.713. The molecule has 1 aliphatic heterocycles. The fraction of sp³-hybridized carbons (Fsp3) is 0.833. The maximum Gasteiger partial charge on any atom is 0.328 e. The Hall–Kier alpha value is -1.79. The summed E-state index contributed by atoms with van der Waals surface area (Å²) in [4.78, 5) is 38.8. The largest absolute Gasteiger partial charge is 0.464 e. The van der Waals surface area contributed by atoms with Crippen molar-refractivity contribution in [3.63, 3.8) is 0 Å². The average Bonchev–Trinajstić information content (AvgIpc) is 3.05. The van der Waals surface area contributed by atoms with Crippen molar-refractivity contribution in [2.75, 3.05) is 19.7 Å². The van der Waals surface area contributed by atoms with E-state index in [1.165, 1.54) is 0 Å². The molecule has 1 rings (SSSR count). The fourth-order valence-corrected chi connectivity index (χ4v) is 2.92. The molecule has 0 aromatic rings. The Morgan fingerprint density at radius 1 is 1.04 bits per heavy atom. The predicted octanol–water partition coefficient (Wildman–Crippen LogP) is 1.91. The van der Waals surface area contributed by atoms with Gasteiger partial charge in [0.15, 0.2) is 0 Å². The van der Waals surface area contributed by atoms with Crippen LogP contribution in [-0.2, 0) is 14.3 Å². The van der Waals surface area contributed by atoms with Gasteiger partial charge in [-0.05, 0) is 38.0 Å². The topological polar surface area (TPSA) is 87.7 Å². The standard InChI is InChI=1S/C18H33N3O4/c1-6-25-17(23)14(11-12(2)3)19-18(24)20-15(13(4)5)16(22)21-9-7-8-10-21/h12-15H,6-11H2,1-5H3,(H2,19,20,24)/t14?,15-/m0/s1. The summed E-state index contributed by atoms with van der Waals surface area (Å²) in [6.07, 6.45) is 2.49. The highest BCUT2D eigenvalue weighted by Gasteiger charge is 2.31. The molecule has 0 aliphatic carbocycles. The first-order valence-corrected chi connectivity index (χ1v) is 9.28. The number of hydrogen-bond donors (Lipinski definition) is 2. The van der Waals surface area contributed by atoms with Crippen molar-refractivity contribution in [1.29, 1.82) is 0 Å². The molecule has 7 heteroatoms. The molecule has 7 nitrogen and oxygen atoms in total. The molecule has 0 saturated carbocycles. The van der Waals surface area contributed by atoms with Crippen molar-refractivity contribution in [2.24, 2.45) is 11.8 Å². The number of nitrogens with one attached hydrogen (secondary N) is 2. The van der Waals surface area contributed by atoms with E-state index in [9.17, 15) is 14.4 Å². The van der Waals surface area contributed by atoms with Gasteiger partial charge >= 0.3 is 12.0 Å². The van der Waals surface area contributed by atoms with Crippen LogP contribution in [0.1, 0.15) is 53.9 Å². The predicted molar refractivity (Wildman–Crippen MR) is 96.0 cm³/mol. The smallest absolute Gasteiger partial charge is 0.328 e. The summed E-state index contributed by atoms with van der Waals surface area (Å²) in [6.45, 7) is 11.2. The van der Waals surface area contributed by atoms with Crippen LogP contribution in [0.25, 0.3) is 0 Å². The SMILES string of the molecule is CCOC(=O)C(CC(C)C)NC(=O)N[C@H](C(=O)N1CCCC1)C(C)C. The third kappa shape index (κ3) is 6.92. The van der Waals surface area contributed by atoms with Gasteiger partial charge in [0, 0.05) is 13.1 Å². The lowest BCUT2D eigenvalue weighted by atomic mass is 10.0. The monoisotopic (exact) mass is 355 g/mol. The second kappa shape index (κ2) is 10.3. The molecule has 2 N–H and O–H groups in total. The van der Waals surface area contributed by atoms with E-state index in [4.69, 9.17) is 4.74 Å². The molecule has 1 unspecified atom stereocenters. The zero-order valence-corrected chi connectivity index (χ0v) is 16.1. The number of nitrogens with zero attached hydrogens (tertiary/aromatic N) is 1. The molecule has 144 valence electrons. The van der Waals surface area contributed by atoms with Gasteiger partial charge in [-0.15, -0.1) is 0 Å². The van der Waals surface area contributed by atoms with Gasteiger partial charge in [0.2, 0.25) is 5.91 Å². The van der Waals surface area contributed by atoms with Gasteiger partial charge in [0.05, 0.1) is 6.61 Å². The van der Waals surface area contributed by atoms with E-state index in [1.54, 1.807) is 11.8 Å². The van der Waals surface area contributed by atoms with Crippen LogP contribution in [0.15, 0.2) is 0 Å². The van der Waals surface area contributed by atoms with E-state index in [0.29, 0.717) is 6.42 Å². The first-order valence-electron chi connectivity index (χ1n) is 9.28. The second-order valence-electron chi connectivity index (χ2n) is 7.31. The molecule has 3 amide bonds. The van der Waals surface area contributed by atoms with Gasteiger partial charge in [-0.2, -0.15) is 0 Å². The van der Waals surface area contributed by atoms with Gasteiger partial charge in [-0.3, -0.25) is 4.79 Å². The Bertz CT molecular complexity index is 459. The van der Waals surface area contributed by atoms with Gasteiger partial charge < -0.3 is 20.3 Å². The van der Waals surface area contributed by atoms with Gasteiger partial charge in [0.1, 0.15) is 12.1 Å². The fourth-order valence-electron chi connectivity index (χ4n) is 2.92. The van der Waals surface area contributed by atoms with Crippen LogP contribution in [0, 0.1) is 11.8 Å². The molecule has 1 saturated heterocycles. The number of rotatable bonds is 8. The maximum atomic E-state index is 12.6. The number of esters is 1. The number of amides is 3. The van der Waals surface area contributed by atoms with Crippen LogP contribution >= 0.6 is 0 Å². The van der Waals surface area contributed by atoms with Crippen molar-refractivity contribution >= 4 is 17.9 Å². The summed E-state index contributed by atoms with van der Waals surface area (Å²) < 4.78 is 5.03. The molecule has 25 heavy (non-hydrogen) atoms. The Kier molecular flexibility index (Phi) is 8.72. The van der Waals surface area contributed by atoms with Crippen LogP contribution < -0.4 is 10.6 Å². The number of likely N-dealkylation sites (tertiary alicyclic amines) is 1. The lowest BCUT2D eigenvalue weighted by molar-refractivity contribution is -0.145. The highest BCUT2D eigenvalue weighted by molar-refractivity contribution is 5.89. The van der Waals surface area contributed by atoms with E-state index < -0.39 is 24.1 Å². The number of carbonyl (C=O) groups excluding carboxylic acids is 3. The quantitative estimate of drug-likeness (QED) is 0.651. The van der Waals surface area contributed by atoms with Crippen LogP contribution in [0.5, 0.6) is 0 Å². The summed E-state index contributed by atoms with van der Waals surface area (Å²) >= 11 is 0. The number of urea groups is 1. The van der Waals surface area contributed by atoms with E-state index >= 15 is 0 Å². The molecule has 0 radical (unpaired) electrons. The molecule has 0 spiro atoms. The summed E-state index contributed by atoms with van der Waals surface area (Å²) in [5.41, 5.74) is 0. The Morgan fingerprint density at radius 2 is 1.64 bits per heavy atom. The third-order valence-corrected chi connectivity index (χ3v) is 4.22. The lowest BCUT2D eigenvalue weighted by Gasteiger charge is -2.27. The molecule has 0 bridgehead atoms. The molecular weight excluding hydrogens is 322 g/mol. The van der Waals surface area contributed by atoms with Gasteiger partial charge in [-0.25, -0.2) is 9.59 Å². The normalized spacial score (nSPS) is 16.7. The average molecular weight is 355 g/mol. The van der Waals surface area contributed by atoms with Crippen LogP contribution in [0.2, 0.25) is 0 Å². The van der Waals surface area contributed by atoms with Crippen molar-refractivity contribution in [3.8, 4) is 0 Å². The Balaban J connectivity index is 2.70. The first kappa shape index (κ1) is 21.3. The van der Waals surface area contributed by atoms with Crippen LogP contribution in [-0.4, -0.2) is 54.6 Å². The third-order valence-electron chi connectivity index (χ3n) is 4.22. The molecule has 1 fully saturated rings.